The molecule has 1 aromatic heterocycles. The Balaban J connectivity index is 2.18. The fourth-order valence-electron chi connectivity index (χ4n) is 2.18. The standard InChI is InChI=1S/C13H12N2O/c1-9-3-2-4-11(7-9)15-13-10(8-14-15)5-6-12(13)16/h2-4,7-8H,5-6H2,1H3. The number of fused-ring (bicyclic) bond motifs is 1. The Hall–Kier alpha value is -1.90. The third-order valence-corrected chi connectivity index (χ3v) is 2.98. The van der Waals surface area contributed by atoms with Crippen LogP contribution in [-0.2, 0) is 6.42 Å². The molecule has 0 unspecified atom stereocenters. The molecule has 3 rings (SSSR count). The minimum Gasteiger partial charge on any atom is -0.292 e. The molecule has 1 aliphatic rings. The average Bonchev–Trinajstić information content (AvgIpc) is 2.82. The van der Waals surface area contributed by atoms with Crippen LogP contribution in [0.1, 0.15) is 28.0 Å². The van der Waals surface area contributed by atoms with E-state index in [0.29, 0.717) is 6.42 Å². The summed E-state index contributed by atoms with van der Waals surface area (Å²) in [5.41, 5.74) is 3.99. The Morgan fingerprint density at radius 2 is 2.19 bits per heavy atom. The number of Topliss-reactive ketones (excluding diaryl/α,β-unsaturated/α-hetero) is 1. The molecule has 0 spiro atoms. The molecule has 0 aliphatic heterocycles. The van der Waals surface area contributed by atoms with Crippen LogP contribution in [-0.4, -0.2) is 15.6 Å². The lowest BCUT2D eigenvalue weighted by Gasteiger charge is -2.05. The second kappa shape index (κ2) is 3.30. The Labute approximate surface area is 93.7 Å². The number of aryl methyl sites for hydroxylation is 2. The lowest BCUT2D eigenvalue weighted by Crippen LogP contribution is -2.06. The number of rotatable bonds is 1. The van der Waals surface area contributed by atoms with Crippen molar-refractivity contribution in [2.24, 2.45) is 0 Å². The van der Waals surface area contributed by atoms with Gasteiger partial charge < -0.3 is 0 Å². The van der Waals surface area contributed by atoms with E-state index in [9.17, 15) is 4.79 Å². The normalized spacial score (nSPS) is 14.2. The first-order chi connectivity index (χ1) is 7.75. The molecule has 1 heterocycles. The molecular formula is C13H12N2O. The highest BCUT2D eigenvalue weighted by Crippen LogP contribution is 2.24. The molecule has 16 heavy (non-hydrogen) atoms. The summed E-state index contributed by atoms with van der Waals surface area (Å²) in [6.45, 7) is 2.04. The van der Waals surface area contributed by atoms with Crippen molar-refractivity contribution < 1.29 is 4.79 Å². The lowest BCUT2D eigenvalue weighted by molar-refractivity contribution is 0.0987. The molecule has 0 saturated heterocycles. The van der Waals surface area contributed by atoms with Gasteiger partial charge in [-0.2, -0.15) is 5.10 Å². The van der Waals surface area contributed by atoms with Crippen LogP contribution in [0.25, 0.3) is 5.69 Å². The highest BCUT2D eigenvalue weighted by atomic mass is 16.1. The molecule has 1 aromatic carbocycles. The van der Waals surface area contributed by atoms with Gasteiger partial charge in [-0.3, -0.25) is 4.79 Å². The lowest BCUT2D eigenvalue weighted by atomic mass is 10.2. The van der Waals surface area contributed by atoms with Crippen LogP contribution >= 0.6 is 0 Å². The number of carbonyl (C=O) groups excluding carboxylic acids is 1. The first-order valence-electron chi connectivity index (χ1n) is 5.43. The average molecular weight is 212 g/mol. The van der Waals surface area contributed by atoms with Gasteiger partial charge in [0.05, 0.1) is 11.9 Å². The Morgan fingerprint density at radius 1 is 1.31 bits per heavy atom. The van der Waals surface area contributed by atoms with Gasteiger partial charge in [0, 0.05) is 12.0 Å². The number of hydrogen-bond acceptors (Lipinski definition) is 2. The van der Waals surface area contributed by atoms with Crippen LogP contribution in [0.3, 0.4) is 0 Å². The van der Waals surface area contributed by atoms with Gasteiger partial charge in [0.15, 0.2) is 5.78 Å². The topological polar surface area (TPSA) is 34.9 Å². The largest absolute Gasteiger partial charge is 0.292 e. The summed E-state index contributed by atoms with van der Waals surface area (Å²) in [6.07, 6.45) is 3.27. The van der Waals surface area contributed by atoms with Gasteiger partial charge in [0.25, 0.3) is 0 Å². The maximum Gasteiger partial charge on any atom is 0.181 e. The molecule has 3 heteroatoms. The summed E-state index contributed by atoms with van der Waals surface area (Å²) in [6, 6.07) is 8.04. The SMILES string of the molecule is Cc1cccc(-n2ncc3c2C(=O)CC3)c1. The van der Waals surface area contributed by atoms with Crippen LogP contribution in [0.5, 0.6) is 0 Å². The van der Waals surface area contributed by atoms with Crippen molar-refractivity contribution in [2.45, 2.75) is 19.8 Å². The molecule has 3 nitrogen and oxygen atoms in total. The molecular weight excluding hydrogens is 200 g/mol. The number of nitrogens with zero attached hydrogens (tertiary/aromatic N) is 2. The molecule has 0 N–H and O–H groups in total. The Kier molecular flexibility index (Phi) is 1.93. The van der Waals surface area contributed by atoms with Crippen LogP contribution in [0.4, 0.5) is 0 Å². The predicted molar refractivity (Wildman–Crippen MR) is 61.0 cm³/mol. The maximum absolute atomic E-state index is 11.7. The maximum atomic E-state index is 11.7. The van der Waals surface area contributed by atoms with Crippen LogP contribution in [0.2, 0.25) is 0 Å². The number of carbonyl (C=O) groups is 1. The van der Waals surface area contributed by atoms with E-state index in [0.717, 1.165) is 23.4 Å². The van der Waals surface area contributed by atoms with Crippen molar-refractivity contribution in [1.29, 1.82) is 0 Å². The number of hydrogen-bond donors (Lipinski definition) is 0. The minimum atomic E-state index is 0.203. The molecule has 1 aliphatic carbocycles. The predicted octanol–water partition coefficient (Wildman–Crippen LogP) is 2.31. The van der Waals surface area contributed by atoms with Gasteiger partial charge >= 0.3 is 0 Å². The molecule has 0 radical (unpaired) electrons. The van der Waals surface area contributed by atoms with Crippen molar-refractivity contribution in [3.63, 3.8) is 0 Å². The smallest absolute Gasteiger partial charge is 0.181 e. The van der Waals surface area contributed by atoms with Crippen molar-refractivity contribution in [2.75, 3.05) is 0 Å². The minimum absolute atomic E-state index is 0.203. The van der Waals surface area contributed by atoms with E-state index in [2.05, 4.69) is 5.10 Å². The molecule has 0 bridgehead atoms. The van der Waals surface area contributed by atoms with E-state index in [1.54, 1.807) is 4.68 Å². The van der Waals surface area contributed by atoms with Crippen LogP contribution < -0.4 is 0 Å². The van der Waals surface area contributed by atoms with Gasteiger partial charge in [0.2, 0.25) is 0 Å². The van der Waals surface area contributed by atoms with Crippen LogP contribution in [0.15, 0.2) is 30.5 Å². The summed E-state index contributed by atoms with van der Waals surface area (Å²) in [5, 5.41) is 4.30. The third-order valence-electron chi connectivity index (χ3n) is 2.98. The fourth-order valence-corrected chi connectivity index (χ4v) is 2.18. The van der Waals surface area contributed by atoms with Crippen molar-refractivity contribution >= 4 is 5.78 Å². The van der Waals surface area contributed by atoms with Gasteiger partial charge in [-0.15, -0.1) is 0 Å². The van der Waals surface area contributed by atoms with Gasteiger partial charge in [-0.05, 0) is 31.0 Å². The van der Waals surface area contributed by atoms with Crippen molar-refractivity contribution in [3.8, 4) is 5.69 Å². The molecule has 0 amide bonds. The van der Waals surface area contributed by atoms with E-state index < -0.39 is 0 Å². The first kappa shape index (κ1) is 9.33. The second-order valence-electron chi connectivity index (χ2n) is 4.19. The zero-order valence-electron chi connectivity index (χ0n) is 9.10. The van der Waals surface area contributed by atoms with E-state index in [1.807, 2.05) is 37.4 Å². The molecule has 0 fully saturated rings. The van der Waals surface area contributed by atoms with Gasteiger partial charge in [0.1, 0.15) is 5.69 Å². The zero-order valence-corrected chi connectivity index (χ0v) is 9.10. The number of aromatic nitrogens is 2. The highest BCUT2D eigenvalue weighted by Gasteiger charge is 2.25. The quantitative estimate of drug-likeness (QED) is 0.727. The monoisotopic (exact) mass is 212 g/mol. The van der Waals surface area contributed by atoms with Crippen molar-refractivity contribution in [1.82, 2.24) is 9.78 Å². The highest BCUT2D eigenvalue weighted by molar-refractivity contribution is 5.99. The van der Waals surface area contributed by atoms with E-state index in [1.165, 1.54) is 5.56 Å². The summed E-state index contributed by atoms with van der Waals surface area (Å²) in [7, 11) is 0. The summed E-state index contributed by atoms with van der Waals surface area (Å²) in [4.78, 5) is 11.7. The zero-order chi connectivity index (χ0) is 11.1. The molecule has 80 valence electrons. The molecule has 2 aromatic rings. The fraction of sp³-hybridized carbons (Fsp3) is 0.231. The van der Waals surface area contributed by atoms with E-state index in [4.69, 9.17) is 0 Å². The summed E-state index contributed by atoms with van der Waals surface area (Å²) in [5.74, 6) is 0.203. The summed E-state index contributed by atoms with van der Waals surface area (Å²) < 4.78 is 1.76. The van der Waals surface area contributed by atoms with Crippen molar-refractivity contribution in [3.05, 3.63) is 47.3 Å². The number of ketones is 1. The third kappa shape index (κ3) is 1.28. The van der Waals surface area contributed by atoms with E-state index in [-0.39, 0.29) is 5.78 Å². The summed E-state index contributed by atoms with van der Waals surface area (Å²) >= 11 is 0. The first-order valence-corrected chi connectivity index (χ1v) is 5.43. The number of benzene rings is 1. The van der Waals surface area contributed by atoms with Crippen LogP contribution in [0, 0.1) is 6.92 Å². The van der Waals surface area contributed by atoms with Gasteiger partial charge in [-0.25, -0.2) is 4.68 Å². The van der Waals surface area contributed by atoms with E-state index >= 15 is 0 Å². The second-order valence-corrected chi connectivity index (χ2v) is 4.19. The Bertz CT molecular complexity index is 569. The van der Waals surface area contributed by atoms with Gasteiger partial charge in [-0.1, -0.05) is 12.1 Å². The molecule has 0 atom stereocenters. The molecule has 0 saturated carbocycles. The Morgan fingerprint density at radius 3 is 3.00 bits per heavy atom.